The molecule has 1 fully saturated rings. The van der Waals surface area contributed by atoms with Gasteiger partial charge in [0.05, 0.1) is 0 Å². The van der Waals surface area contributed by atoms with Crippen molar-refractivity contribution in [3.8, 4) is 0 Å². The Balaban J connectivity index is 2.27. The molecule has 1 saturated heterocycles. The van der Waals surface area contributed by atoms with Crippen LogP contribution in [0.25, 0.3) is 0 Å². The highest BCUT2D eigenvalue weighted by atomic mass is 15.1. The van der Waals surface area contributed by atoms with Gasteiger partial charge in [0, 0.05) is 17.7 Å². The second-order valence-electron chi connectivity index (χ2n) is 4.82. The van der Waals surface area contributed by atoms with E-state index >= 15 is 0 Å². The average molecular weight is 180 g/mol. The molecule has 1 spiro atoms. The largest absolute Gasteiger partial charge is 0.402 e. The fraction of sp³-hybridized carbons (Fsp3) is 0.818. The third kappa shape index (κ3) is 1.37. The number of hydrogen-bond donors (Lipinski definition) is 1. The lowest BCUT2D eigenvalue weighted by Crippen LogP contribution is -2.34. The van der Waals surface area contributed by atoms with Gasteiger partial charge in [-0.05, 0) is 46.2 Å². The fourth-order valence-corrected chi connectivity index (χ4v) is 2.92. The monoisotopic (exact) mass is 180 g/mol. The van der Waals surface area contributed by atoms with E-state index in [4.69, 9.17) is 5.73 Å². The molecule has 0 bridgehead atoms. The summed E-state index contributed by atoms with van der Waals surface area (Å²) in [6.45, 7) is 4.60. The zero-order valence-electron chi connectivity index (χ0n) is 8.77. The van der Waals surface area contributed by atoms with Crippen molar-refractivity contribution in [1.82, 2.24) is 4.90 Å². The molecule has 2 nitrogen and oxygen atoms in total. The number of nitrogens with zero attached hydrogens (tertiary/aromatic N) is 1. The quantitative estimate of drug-likeness (QED) is 0.615. The Morgan fingerprint density at radius 3 is 2.77 bits per heavy atom. The zero-order chi connectivity index (χ0) is 9.47. The van der Waals surface area contributed by atoms with Gasteiger partial charge in [-0.2, -0.15) is 0 Å². The number of rotatable bonds is 0. The zero-order valence-corrected chi connectivity index (χ0v) is 8.77. The Kier molecular flexibility index (Phi) is 2.11. The van der Waals surface area contributed by atoms with E-state index in [0.717, 1.165) is 0 Å². The minimum Gasteiger partial charge on any atom is -0.402 e. The Labute approximate surface area is 80.8 Å². The van der Waals surface area contributed by atoms with E-state index in [2.05, 4.69) is 18.9 Å². The highest BCUT2D eigenvalue weighted by Crippen LogP contribution is 2.44. The van der Waals surface area contributed by atoms with Crippen molar-refractivity contribution < 1.29 is 0 Å². The standard InChI is InChI=1S/C11H20N2/c1-9-4-3-5-11(10(9)12)6-7-13(2)8-11/h3-8,12H2,1-2H3. The molecular weight excluding hydrogens is 160 g/mol. The molecule has 13 heavy (non-hydrogen) atoms. The maximum Gasteiger partial charge on any atom is 0.0237 e. The SMILES string of the molecule is CC1=C(N)C2(CCC1)CCN(C)C2. The predicted molar refractivity (Wildman–Crippen MR) is 55.3 cm³/mol. The molecule has 0 aromatic rings. The van der Waals surface area contributed by atoms with Crippen molar-refractivity contribution in [2.24, 2.45) is 11.1 Å². The molecule has 2 rings (SSSR count). The van der Waals surface area contributed by atoms with Gasteiger partial charge < -0.3 is 10.6 Å². The van der Waals surface area contributed by atoms with Crippen LogP contribution in [0.2, 0.25) is 0 Å². The van der Waals surface area contributed by atoms with Crippen LogP contribution < -0.4 is 5.73 Å². The van der Waals surface area contributed by atoms with E-state index in [1.165, 1.54) is 50.0 Å². The van der Waals surface area contributed by atoms with E-state index in [0.29, 0.717) is 5.41 Å². The summed E-state index contributed by atoms with van der Waals surface area (Å²) < 4.78 is 0. The van der Waals surface area contributed by atoms with Crippen molar-refractivity contribution in [1.29, 1.82) is 0 Å². The van der Waals surface area contributed by atoms with Crippen LogP contribution in [-0.2, 0) is 0 Å². The van der Waals surface area contributed by atoms with Gasteiger partial charge in [-0.15, -0.1) is 0 Å². The molecule has 1 aliphatic heterocycles. The molecule has 1 unspecified atom stereocenters. The number of allylic oxidation sites excluding steroid dienone is 1. The molecule has 1 heterocycles. The summed E-state index contributed by atoms with van der Waals surface area (Å²) in [5.74, 6) is 0. The van der Waals surface area contributed by atoms with Crippen molar-refractivity contribution in [3.05, 3.63) is 11.3 Å². The summed E-state index contributed by atoms with van der Waals surface area (Å²) in [4.78, 5) is 2.41. The lowest BCUT2D eigenvalue weighted by molar-refractivity contribution is 0.286. The van der Waals surface area contributed by atoms with E-state index in [-0.39, 0.29) is 0 Å². The van der Waals surface area contributed by atoms with Crippen LogP contribution in [0.3, 0.4) is 0 Å². The van der Waals surface area contributed by atoms with Crippen LogP contribution in [0.5, 0.6) is 0 Å². The Bertz CT molecular complexity index is 244. The summed E-state index contributed by atoms with van der Waals surface area (Å²) in [6.07, 6.45) is 5.13. The average Bonchev–Trinajstić information content (AvgIpc) is 2.45. The summed E-state index contributed by atoms with van der Waals surface area (Å²) in [7, 11) is 2.20. The van der Waals surface area contributed by atoms with Gasteiger partial charge in [0.1, 0.15) is 0 Å². The van der Waals surface area contributed by atoms with Gasteiger partial charge in [0.2, 0.25) is 0 Å². The van der Waals surface area contributed by atoms with Gasteiger partial charge in [-0.3, -0.25) is 0 Å². The first-order valence-electron chi connectivity index (χ1n) is 5.28. The van der Waals surface area contributed by atoms with Gasteiger partial charge in [0.25, 0.3) is 0 Å². The lowest BCUT2D eigenvalue weighted by Gasteiger charge is -2.35. The number of likely N-dealkylation sites (tertiary alicyclic amines) is 1. The van der Waals surface area contributed by atoms with Crippen LogP contribution in [0.15, 0.2) is 11.3 Å². The molecule has 0 radical (unpaired) electrons. The minimum absolute atomic E-state index is 0.358. The topological polar surface area (TPSA) is 29.3 Å². The molecule has 2 aliphatic rings. The van der Waals surface area contributed by atoms with Gasteiger partial charge in [-0.1, -0.05) is 5.57 Å². The van der Waals surface area contributed by atoms with Crippen LogP contribution in [0.1, 0.15) is 32.6 Å². The number of nitrogens with two attached hydrogens (primary N) is 1. The van der Waals surface area contributed by atoms with Crippen LogP contribution in [0.4, 0.5) is 0 Å². The highest BCUT2D eigenvalue weighted by Gasteiger charge is 2.40. The summed E-state index contributed by atoms with van der Waals surface area (Å²) >= 11 is 0. The Morgan fingerprint density at radius 2 is 2.15 bits per heavy atom. The van der Waals surface area contributed by atoms with Crippen molar-refractivity contribution in [2.45, 2.75) is 32.6 Å². The summed E-state index contributed by atoms with van der Waals surface area (Å²) in [6, 6.07) is 0. The minimum atomic E-state index is 0.358. The molecule has 0 amide bonds. The third-order valence-corrected chi connectivity index (χ3v) is 3.78. The van der Waals surface area contributed by atoms with Crippen LogP contribution in [-0.4, -0.2) is 25.0 Å². The maximum atomic E-state index is 6.23. The Hall–Kier alpha value is -0.500. The third-order valence-electron chi connectivity index (χ3n) is 3.78. The highest BCUT2D eigenvalue weighted by molar-refractivity contribution is 5.23. The van der Waals surface area contributed by atoms with Gasteiger partial charge in [-0.25, -0.2) is 0 Å². The first-order valence-corrected chi connectivity index (χ1v) is 5.28. The first-order chi connectivity index (χ1) is 6.14. The first kappa shape index (κ1) is 9.07. The molecule has 2 heteroatoms. The fourth-order valence-electron chi connectivity index (χ4n) is 2.92. The lowest BCUT2D eigenvalue weighted by atomic mass is 9.73. The van der Waals surface area contributed by atoms with E-state index < -0.39 is 0 Å². The van der Waals surface area contributed by atoms with Crippen molar-refractivity contribution >= 4 is 0 Å². The van der Waals surface area contributed by atoms with Crippen LogP contribution >= 0.6 is 0 Å². The van der Waals surface area contributed by atoms with E-state index in [1.807, 2.05) is 0 Å². The molecule has 1 aliphatic carbocycles. The smallest absolute Gasteiger partial charge is 0.0237 e. The molecule has 2 N–H and O–H groups in total. The number of hydrogen-bond acceptors (Lipinski definition) is 2. The van der Waals surface area contributed by atoms with E-state index in [1.54, 1.807) is 0 Å². The molecule has 0 saturated carbocycles. The molecule has 0 aromatic carbocycles. The summed E-state index contributed by atoms with van der Waals surface area (Å²) in [5, 5.41) is 0. The predicted octanol–water partition coefficient (Wildman–Crippen LogP) is 1.72. The van der Waals surface area contributed by atoms with Gasteiger partial charge >= 0.3 is 0 Å². The molecule has 0 aromatic heterocycles. The maximum absolute atomic E-state index is 6.23. The van der Waals surface area contributed by atoms with Crippen molar-refractivity contribution in [3.63, 3.8) is 0 Å². The van der Waals surface area contributed by atoms with Gasteiger partial charge in [0.15, 0.2) is 0 Å². The van der Waals surface area contributed by atoms with Crippen molar-refractivity contribution in [2.75, 3.05) is 20.1 Å². The van der Waals surface area contributed by atoms with Crippen LogP contribution in [0, 0.1) is 5.41 Å². The summed E-state index contributed by atoms with van der Waals surface area (Å²) in [5.41, 5.74) is 9.25. The molecule has 74 valence electrons. The second-order valence-corrected chi connectivity index (χ2v) is 4.82. The second kappa shape index (κ2) is 3.02. The normalized spacial score (nSPS) is 36.2. The molecular formula is C11H20N2. The Morgan fingerprint density at radius 1 is 1.38 bits per heavy atom. The van der Waals surface area contributed by atoms with E-state index in [9.17, 15) is 0 Å². The molecule has 1 atom stereocenters.